The molecule has 6 rings (SSSR count). The first-order chi connectivity index (χ1) is 19.8. The monoisotopic (exact) mass is 644 g/mol. The summed E-state index contributed by atoms with van der Waals surface area (Å²) >= 11 is -1.55. The fraction of sp³-hybridized carbons (Fsp3) is 0. The van der Waals surface area contributed by atoms with Gasteiger partial charge in [0.15, 0.2) is 0 Å². The summed E-state index contributed by atoms with van der Waals surface area (Å²) in [5, 5.41) is 5.72. The van der Waals surface area contributed by atoms with Crippen molar-refractivity contribution in [3.8, 4) is 11.1 Å². The van der Waals surface area contributed by atoms with Gasteiger partial charge in [-0.3, -0.25) is 0 Å². The summed E-state index contributed by atoms with van der Waals surface area (Å²) in [6.45, 7) is 0. The molecule has 2 N–H and O–H groups in total. The molecule has 0 heterocycles. The van der Waals surface area contributed by atoms with Crippen molar-refractivity contribution in [3.05, 3.63) is 170 Å². The first-order valence-electron chi connectivity index (χ1n) is 13.2. The Kier molecular flexibility index (Phi) is 8.64. The summed E-state index contributed by atoms with van der Waals surface area (Å²) in [4.78, 5) is 0. The van der Waals surface area contributed by atoms with Gasteiger partial charge < -0.3 is 0 Å². The molecule has 0 aromatic heterocycles. The molecule has 0 bridgehead atoms. The zero-order valence-corrected chi connectivity index (χ0v) is 25.3. The predicted molar refractivity (Wildman–Crippen MR) is 174 cm³/mol. The summed E-state index contributed by atoms with van der Waals surface area (Å²) in [6.07, 6.45) is -1.38. The van der Waals surface area contributed by atoms with E-state index in [1.165, 1.54) is 30.8 Å². The second kappa shape index (κ2) is 12.9. The average Bonchev–Trinajstić information content (AvgIpc) is 3.03. The van der Waals surface area contributed by atoms with Gasteiger partial charge in [0.05, 0.1) is 0 Å². The molecule has 6 aromatic carbocycles. The molecule has 0 aliphatic carbocycles. The zero-order chi connectivity index (χ0) is 27.1. The van der Waals surface area contributed by atoms with Crippen LogP contribution >= 0.6 is 12.2 Å². The van der Waals surface area contributed by atoms with E-state index in [1.807, 2.05) is 12.1 Å². The predicted octanol–water partition coefficient (Wildman–Crippen LogP) is 7.28. The van der Waals surface area contributed by atoms with Crippen molar-refractivity contribution in [2.24, 2.45) is 0 Å². The first-order valence-corrected chi connectivity index (χ1v) is 20.5. The van der Waals surface area contributed by atoms with E-state index < -0.39 is 28.0 Å². The van der Waals surface area contributed by atoms with Crippen molar-refractivity contribution in [1.82, 2.24) is 0 Å². The fourth-order valence-corrected chi connectivity index (χ4v) is 28.4. The third-order valence-corrected chi connectivity index (χ3v) is 26.3. The molecule has 1 nitrogen and oxygen atoms in total. The molecule has 0 saturated heterocycles. The van der Waals surface area contributed by atoms with Crippen LogP contribution in [0, 0.1) is 0 Å². The molecule has 0 radical (unpaired) electrons. The van der Waals surface area contributed by atoms with Crippen molar-refractivity contribution in [1.29, 1.82) is 0 Å². The average molecular weight is 645 g/mol. The van der Waals surface area contributed by atoms with Gasteiger partial charge in [0, 0.05) is 0 Å². The molecule has 6 aromatic rings. The van der Waals surface area contributed by atoms with Crippen molar-refractivity contribution in [2.75, 3.05) is 5.73 Å². The van der Waals surface area contributed by atoms with Gasteiger partial charge in [-0.25, -0.2) is 0 Å². The number of hydrogen-bond donors (Lipinski definition) is 1. The van der Waals surface area contributed by atoms with E-state index in [1.54, 1.807) is 0 Å². The molecule has 40 heavy (non-hydrogen) atoms. The van der Waals surface area contributed by atoms with Gasteiger partial charge in [-0.1, -0.05) is 0 Å². The second-order valence-electron chi connectivity index (χ2n) is 9.09. The van der Waals surface area contributed by atoms with Crippen LogP contribution in [0.2, 0.25) is 0 Å². The van der Waals surface area contributed by atoms with Crippen molar-refractivity contribution in [3.63, 3.8) is 0 Å². The molecular formula is C36H30NP2Pd-. The Morgan fingerprint density at radius 2 is 0.675 bits per heavy atom. The number of rotatable bonds is 8. The third-order valence-electron chi connectivity index (χ3n) is 6.39. The maximum absolute atomic E-state index is 6.64. The van der Waals surface area contributed by atoms with Crippen LogP contribution < -0.4 is 31.0 Å². The second-order valence-corrected chi connectivity index (χ2v) is 22.8. The number of nitrogens with two attached hydrogens (primary N) is 1. The molecule has 0 fully saturated rings. The Labute approximate surface area is 244 Å². The summed E-state index contributed by atoms with van der Waals surface area (Å²) in [5.74, 6) is 0. The Bertz CT molecular complexity index is 1500. The van der Waals surface area contributed by atoms with Crippen molar-refractivity contribution >= 4 is 43.2 Å². The molecular weight excluding hydrogens is 615 g/mol. The van der Waals surface area contributed by atoms with Gasteiger partial charge >= 0.3 is 246 Å². The van der Waals surface area contributed by atoms with Gasteiger partial charge in [0.25, 0.3) is 0 Å². The number of nitrogen functional groups attached to an aromatic ring is 1. The van der Waals surface area contributed by atoms with Crippen LogP contribution in [-0.4, -0.2) is 0 Å². The maximum atomic E-state index is 6.64. The minimum atomic E-state index is -1.55. The molecule has 0 unspecified atom stereocenters. The van der Waals surface area contributed by atoms with Crippen molar-refractivity contribution in [2.45, 2.75) is 0 Å². The Hall–Kier alpha value is -3.36. The third kappa shape index (κ3) is 5.74. The van der Waals surface area contributed by atoms with Crippen LogP contribution in [0.5, 0.6) is 0 Å². The first kappa shape index (κ1) is 26.8. The van der Waals surface area contributed by atoms with Crippen LogP contribution in [0.4, 0.5) is 5.69 Å². The molecule has 200 valence electrons. The van der Waals surface area contributed by atoms with Gasteiger partial charge in [-0.15, -0.1) is 0 Å². The summed E-state index contributed by atoms with van der Waals surface area (Å²) in [6, 6.07) is 62.2. The minimum absolute atomic E-state index is 0.689. The fourth-order valence-electron chi connectivity index (χ4n) is 4.55. The van der Waals surface area contributed by atoms with Crippen molar-refractivity contribution < 1.29 is 15.8 Å². The number of anilines is 1. The summed E-state index contributed by atoms with van der Waals surface area (Å²) in [7, 11) is 0. The van der Waals surface area contributed by atoms with Gasteiger partial charge in [0.1, 0.15) is 0 Å². The van der Waals surface area contributed by atoms with Gasteiger partial charge in [0.2, 0.25) is 0 Å². The Morgan fingerprint density at radius 3 is 1.07 bits per heavy atom. The van der Waals surface area contributed by atoms with Crippen LogP contribution in [-0.2, 0) is 15.8 Å². The Balaban J connectivity index is 1.70. The molecule has 0 aliphatic rings. The molecule has 0 atom stereocenters. The summed E-state index contributed by atoms with van der Waals surface area (Å²) in [5.41, 5.74) is 9.85. The van der Waals surface area contributed by atoms with E-state index in [4.69, 9.17) is 5.73 Å². The molecule has 4 heteroatoms. The van der Waals surface area contributed by atoms with E-state index in [2.05, 4.69) is 158 Å². The number of para-hydroxylation sites is 1. The van der Waals surface area contributed by atoms with Gasteiger partial charge in [-0.05, 0) is 0 Å². The van der Waals surface area contributed by atoms with E-state index in [9.17, 15) is 0 Å². The zero-order valence-electron chi connectivity index (χ0n) is 22.0. The van der Waals surface area contributed by atoms with Crippen LogP contribution in [0.15, 0.2) is 170 Å². The van der Waals surface area contributed by atoms with E-state index >= 15 is 0 Å². The normalized spacial score (nSPS) is 11.5. The standard InChI is InChI=1S/C12H10N.2C12H10P.Pd/c13-12-9-5-4-8-11(12)10-6-2-1-3-7-10;2*1-3-7-11(8-4-1)13-12-9-5-2-6-10-12;/h1-6,8-9H,13H2;2*1-10H;/q;2*-1;+1. The van der Waals surface area contributed by atoms with Crippen LogP contribution in [0.3, 0.4) is 0 Å². The molecule has 0 spiro atoms. The van der Waals surface area contributed by atoms with Crippen LogP contribution in [0.25, 0.3) is 11.1 Å². The van der Waals surface area contributed by atoms with Crippen LogP contribution in [0.1, 0.15) is 0 Å². The Morgan fingerprint density at radius 1 is 0.350 bits per heavy atom. The van der Waals surface area contributed by atoms with E-state index in [-0.39, 0.29) is 0 Å². The number of hydrogen-bond acceptors (Lipinski definition) is 1. The molecule has 0 amide bonds. The summed E-state index contributed by atoms with van der Waals surface area (Å²) < 4.78 is 1.46. The molecule has 0 aliphatic heterocycles. The molecule has 0 saturated carbocycles. The quantitative estimate of drug-likeness (QED) is 0.105. The van der Waals surface area contributed by atoms with Gasteiger partial charge in [-0.2, -0.15) is 0 Å². The topological polar surface area (TPSA) is 26.0 Å². The van der Waals surface area contributed by atoms with E-state index in [0.717, 1.165) is 11.3 Å². The number of benzene rings is 6. The SMILES string of the molecule is Nc1ccccc1-c1cccc[c]1[Pd-]([P](c1ccccc1)c1ccccc1)[P](c1ccccc1)c1ccccc1. The van der Waals surface area contributed by atoms with E-state index in [0.29, 0.717) is 0 Å².